The van der Waals surface area contributed by atoms with Crippen LogP contribution in [-0.2, 0) is 4.79 Å². The van der Waals surface area contributed by atoms with Crippen LogP contribution in [0, 0.1) is 0 Å². The van der Waals surface area contributed by atoms with Crippen molar-refractivity contribution >= 4 is 18.4 Å². The second kappa shape index (κ2) is 8.45. The average molecular weight is 306 g/mol. The van der Waals surface area contributed by atoms with Crippen molar-refractivity contribution < 1.29 is 9.90 Å². The molecule has 2 N–H and O–H groups in total. The summed E-state index contributed by atoms with van der Waals surface area (Å²) in [6.45, 7) is 1.87. The Morgan fingerprint density at radius 3 is 1.76 bits per heavy atom. The molecule has 112 valence electrons. The fourth-order valence-electron chi connectivity index (χ4n) is 2.24. The molecule has 21 heavy (non-hydrogen) atoms. The van der Waals surface area contributed by atoms with Gasteiger partial charge in [0.05, 0.1) is 6.04 Å². The van der Waals surface area contributed by atoms with Gasteiger partial charge in [0, 0.05) is 0 Å². The van der Waals surface area contributed by atoms with Crippen LogP contribution in [0.2, 0.25) is 0 Å². The molecule has 0 radical (unpaired) electrons. The number of nitrogens with one attached hydrogen (secondary N) is 1. The van der Waals surface area contributed by atoms with Crippen molar-refractivity contribution in [2.24, 2.45) is 0 Å². The van der Waals surface area contributed by atoms with E-state index in [1.165, 1.54) is 0 Å². The minimum Gasteiger partial charge on any atom is -0.480 e. The third kappa shape index (κ3) is 4.59. The van der Waals surface area contributed by atoms with Crippen molar-refractivity contribution in [1.82, 2.24) is 5.32 Å². The van der Waals surface area contributed by atoms with Crippen LogP contribution in [0.1, 0.15) is 30.5 Å². The van der Waals surface area contributed by atoms with Gasteiger partial charge in [-0.05, 0) is 17.5 Å². The Bertz CT molecular complexity index is 506. The molecule has 0 saturated carbocycles. The van der Waals surface area contributed by atoms with Gasteiger partial charge >= 0.3 is 5.97 Å². The first kappa shape index (κ1) is 17.2. The van der Waals surface area contributed by atoms with Gasteiger partial charge in [0.2, 0.25) is 0 Å². The molecule has 0 aromatic heterocycles. The smallest absolute Gasteiger partial charge is 0.320 e. The zero-order chi connectivity index (χ0) is 14.4. The van der Waals surface area contributed by atoms with Crippen LogP contribution in [0.25, 0.3) is 0 Å². The summed E-state index contributed by atoms with van der Waals surface area (Å²) in [5.41, 5.74) is 2.14. The minimum absolute atomic E-state index is 0. The average Bonchev–Trinajstić information content (AvgIpc) is 2.50. The second-order valence-corrected chi connectivity index (χ2v) is 4.72. The first-order valence-corrected chi connectivity index (χ1v) is 6.81. The lowest BCUT2D eigenvalue weighted by Gasteiger charge is -2.23. The molecule has 2 rings (SSSR count). The first-order chi connectivity index (χ1) is 9.72. The molecule has 1 unspecified atom stereocenters. The summed E-state index contributed by atoms with van der Waals surface area (Å²) >= 11 is 0. The molecule has 0 heterocycles. The van der Waals surface area contributed by atoms with Crippen LogP contribution in [0.5, 0.6) is 0 Å². The standard InChI is InChI=1S/C17H19NO2.ClH/c1-2-15(17(19)20)18-16(13-9-5-3-6-10-13)14-11-7-4-8-12-14;/h3-12,15-16,18H,2H2,1H3,(H,19,20);1H. The van der Waals surface area contributed by atoms with Gasteiger partial charge in [0.1, 0.15) is 6.04 Å². The van der Waals surface area contributed by atoms with E-state index < -0.39 is 12.0 Å². The zero-order valence-electron chi connectivity index (χ0n) is 11.9. The van der Waals surface area contributed by atoms with E-state index in [0.717, 1.165) is 11.1 Å². The highest BCUT2D eigenvalue weighted by Crippen LogP contribution is 2.22. The largest absolute Gasteiger partial charge is 0.480 e. The number of carbonyl (C=O) groups is 1. The molecule has 0 saturated heterocycles. The second-order valence-electron chi connectivity index (χ2n) is 4.72. The van der Waals surface area contributed by atoms with E-state index in [-0.39, 0.29) is 18.4 Å². The lowest BCUT2D eigenvalue weighted by atomic mass is 9.97. The summed E-state index contributed by atoms with van der Waals surface area (Å²) in [6, 6.07) is 19.2. The number of rotatable bonds is 6. The number of carboxylic acid groups (broad SMARTS) is 1. The summed E-state index contributed by atoms with van der Waals surface area (Å²) < 4.78 is 0. The van der Waals surface area contributed by atoms with E-state index in [0.29, 0.717) is 6.42 Å². The molecular formula is C17H20ClNO2. The Balaban J connectivity index is 0.00000220. The number of benzene rings is 2. The van der Waals surface area contributed by atoms with Gasteiger partial charge in [-0.25, -0.2) is 0 Å². The molecule has 0 aliphatic rings. The molecule has 0 aliphatic carbocycles. The predicted molar refractivity (Wildman–Crippen MR) is 86.8 cm³/mol. The van der Waals surface area contributed by atoms with Crippen molar-refractivity contribution in [3.8, 4) is 0 Å². The van der Waals surface area contributed by atoms with Crippen molar-refractivity contribution in [2.45, 2.75) is 25.4 Å². The lowest BCUT2D eigenvalue weighted by Crippen LogP contribution is -2.39. The monoisotopic (exact) mass is 305 g/mol. The van der Waals surface area contributed by atoms with E-state index in [1.807, 2.05) is 67.6 Å². The third-order valence-electron chi connectivity index (χ3n) is 3.34. The van der Waals surface area contributed by atoms with E-state index in [2.05, 4.69) is 5.32 Å². The highest BCUT2D eigenvalue weighted by molar-refractivity contribution is 5.85. The Labute approximate surface area is 131 Å². The van der Waals surface area contributed by atoms with Gasteiger partial charge in [-0.1, -0.05) is 67.6 Å². The fraction of sp³-hybridized carbons (Fsp3) is 0.235. The van der Waals surface area contributed by atoms with Gasteiger partial charge in [0.15, 0.2) is 0 Å². The number of aliphatic carboxylic acids is 1. The minimum atomic E-state index is -0.815. The topological polar surface area (TPSA) is 49.3 Å². The Kier molecular flexibility index (Phi) is 6.92. The van der Waals surface area contributed by atoms with E-state index in [1.54, 1.807) is 0 Å². The number of hydrogen-bond acceptors (Lipinski definition) is 2. The van der Waals surface area contributed by atoms with Crippen molar-refractivity contribution in [3.63, 3.8) is 0 Å². The zero-order valence-corrected chi connectivity index (χ0v) is 12.7. The van der Waals surface area contributed by atoms with Gasteiger partial charge in [0.25, 0.3) is 0 Å². The molecule has 0 spiro atoms. The summed E-state index contributed by atoms with van der Waals surface area (Å²) in [5, 5.41) is 12.5. The maximum Gasteiger partial charge on any atom is 0.320 e. The van der Waals surface area contributed by atoms with Crippen LogP contribution in [0.15, 0.2) is 60.7 Å². The SMILES string of the molecule is CCC(NC(c1ccccc1)c1ccccc1)C(=O)O.Cl. The summed E-state index contributed by atoms with van der Waals surface area (Å²) in [4.78, 5) is 11.3. The van der Waals surface area contributed by atoms with Crippen molar-refractivity contribution in [2.75, 3.05) is 0 Å². The van der Waals surface area contributed by atoms with Crippen molar-refractivity contribution in [3.05, 3.63) is 71.8 Å². The molecule has 3 nitrogen and oxygen atoms in total. The maximum atomic E-state index is 11.3. The van der Waals surface area contributed by atoms with Crippen LogP contribution in [-0.4, -0.2) is 17.1 Å². The molecular weight excluding hydrogens is 286 g/mol. The highest BCUT2D eigenvalue weighted by Gasteiger charge is 2.21. The maximum absolute atomic E-state index is 11.3. The summed E-state index contributed by atoms with van der Waals surface area (Å²) in [7, 11) is 0. The summed E-state index contributed by atoms with van der Waals surface area (Å²) in [6.07, 6.45) is 0.547. The fourth-order valence-corrected chi connectivity index (χ4v) is 2.24. The van der Waals surface area contributed by atoms with E-state index in [9.17, 15) is 9.90 Å². The molecule has 0 amide bonds. The first-order valence-electron chi connectivity index (χ1n) is 6.81. The molecule has 4 heteroatoms. The van der Waals surface area contributed by atoms with Gasteiger partial charge in [-0.15, -0.1) is 12.4 Å². The number of halogens is 1. The van der Waals surface area contributed by atoms with E-state index >= 15 is 0 Å². The Hall–Kier alpha value is -1.84. The Morgan fingerprint density at radius 2 is 1.43 bits per heavy atom. The van der Waals surface area contributed by atoms with Crippen LogP contribution < -0.4 is 5.32 Å². The highest BCUT2D eigenvalue weighted by atomic mass is 35.5. The Morgan fingerprint density at radius 1 is 1.00 bits per heavy atom. The number of hydrogen-bond donors (Lipinski definition) is 2. The normalized spacial score (nSPS) is 11.7. The number of carboxylic acids is 1. The molecule has 2 aromatic rings. The van der Waals surface area contributed by atoms with Crippen LogP contribution in [0.3, 0.4) is 0 Å². The third-order valence-corrected chi connectivity index (χ3v) is 3.34. The molecule has 0 bridgehead atoms. The van der Waals surface area contributed by atoms with Crippen LogP contribution in [0.4, 0.5) is 0 Å². The molecule has 0 fully saturated rings. The van der Waals surface area contributed by atoms with Crippen LogP contribution >= 0.6 is 12.4 Å². The van der Waals surface area contributed by atoms with Crippen molar-refractivity contribution in [1.29, 1.82) is 0 Å². The van der Waals surface area contributed by atoms with Gasteiger partial charge < -0.3 is 5.11 Å². The molecule has 2 aromatic carbocycles. The quantitative estimate of drug-likeness (QED) is 0.856. The summed E-state index contributed by atoms with van der Waals surface area (Å²) in [5.74, 6) is -0.815. The lowest BCUT2D eigenvalue weighted by molar-refractivity contribution is -0.139. The molecule has 1 atom stereocenters. The van der Waals surface area contributed by atoms with E-state index in [4.69, 9.17) is 0 Å². The predicted octanol–water partition coefficient (Wildman–Crippen LogP) is 3.65. The van der Waals surface area contributed by atoms with Gasteiger partial charge in [-0.2, -0.15) is 0 Å². The molecule has 0 aliphatic heterocycles. The van der Waals surface area contributed by atoms with Gasteiger partial charge in [-0.3, -0.25) is 10.1 Å².